The van der Waals surface area contributed by atoms with E-state index < -0.39 is 0 Å². The normalized spacial score (nSPS) is 10.4. The Morgan fingerprint density at radius 2 is 1.72 bits per heavy atom. The molecule has 0 atom stereocenters. The van der Waals surface area contributed by atoms with E-state index in [4.69, 9.17) is 23.2 Å². The first-order valence-electron chi connectivity index (χ1n) is 7.48. The largest absolute Gasteiger partial charge is 0.378 e. The van der Waals surface area contributed by atoms with Gasteiger partial charge in [-0.05, 0) is 36.4 Å². The summed E-state index contributed by atoms with van der Waals surface area (Å²) in [6.45, 7) is 0. The molecule has 3 aromatic rings. The zero-order chi connectivity index (χ0) is 17.8. The van der Waals surface area contributed by atoms with Crippen LogP contribution in [0.2, 0.25) is 10.0 Å². The zero-order valence-electron chi connectivity index (χ0n) is 13.7. The van der Waals surface area contributed by atoms with Gasteiger partial charge in [-0.15, -0.1) is 5.10 Å². The smallest absolute Gasteiger partial charge is 0.249 e. The molecule has 128 valence electrons. The topological polar surface area (TPSA) is 66.0 Å². The van der Waals surface area contributed by atoms with Crippen LogP contribution < -0.4 is 15.5 Å². The van der Waals surface area contributed by atoms with Crippen molar-refractivity contribution in [1.29, 1.82) is 0 Å². The van der Waals surface area contributed by atoms with Crippen LogP contribution in [0, 0.1) is 0 Å². The van der Waals surface area contributed by atoms with E-state index in [0.29, 0.717) is 27.5 Å². The lowest BCUT2D eigenvalue weighted by molar-refractivity contribution is 0.982. The maximum Gasteiger partial charge on any atom is 0.249 e. The van der Waals surface area contributed by atoms with Crippen LogP contribution >= 0.6 is 23.2 Å². The Morgan fingerprint density at radius 1 is 0.960 bits per heavy atom. The summed E-state index contributed by atoms with van der Waals surface area (Å²) in [5.74, 6) is 0.882. The molecule has 2 N–H and O–H groups in total. The highest BCUT2D eigenvalue weighted by Gasteiger charge is 2.07. The summed E-state index contributed by atoms with van der Waals surface area (Å²) in [7, 11) is 3.99. The molecule has 0 unspecified atom stereocenters. The number of hydrogen-bond acceptors (Lipinski definition) is 6. The second kappa shape index (κ2) is 7.55. The maximum absolute atomic E-state index is 6.16. The summed E-state index contributed by atoms with van der Waals surface area (Å²) in [6, 6.07) is 13.3. The number of nitrogens with one attached hydrogen (secondary N) is 2. The summed E-state index contributed by atoms with van der Waals surface area (Å²) < 4.78 is 0. The molecule has 0 bridgehead atoms. The monoisotopic (exact) mass is 374 g/mol. The van der Waals surface area contributed by atoms with Gasteiger partial charge in [0.25, 0.3) is 0 Å². The van der Waals surface area contributed by atoms with Gasteiger partial charge in [0.15, 0.2) is 5.82 Å². The van der Waals surface area contributed by atoms with Crippen molar-refractivity contribution < 1.29 is 0 Å². The number of halogens is 2. The predicted molar refractivity (Wildman–Crippen MR) is 104 cm³/mol. The predicted octanol–water partition coefficient (Wildman–Crippen LogP) is 4.73. The zero-order valence-corrected chi connectivity index (χ0v) is 15.2. The molecule has 0 saturated heterocycles. The van der Waals surface area contributed by atoms with Crippen LogP contribution in [0.4, 0.5) is 28.8 Å². The van der Waals surface area contributed by atoms with Crippen LogP contribution in [-0.4, -0.2) is 29.3 Å². The van der Waals surface area contributed by atoms with Crippen molar-refractivity contribution >= 4 is 52.0 Å². The Balaban J connectivity index is 1.76. The molecule has 8 heteroatoms. The molecule has 0 radical (unpaired) electrons. The van der Waals surface area contributed by atoms with Crippen molar-refractivity contribution in [3.63, 3.8) is 0 Å². The van der Waals surface area contributed by atoms with Crippen molar-refractivity contribution in [3.05, 3.63) is 58.7 Å². The minimum Gasteiger partial charge on any atom is -0.378 e. The molecular formula is C17H16Cl2N6. The Hall–Kier alpha value is -2.57. The van der Waals surface area contributed by atoms with E-state index in [1.54, 1.807) is 24.4 Å². The van der Waals surface area contributed by atoms with E-state index in [0.717, 1.165) is 11.4 Å². The van der Waals surface area contributed by atoms with Gasteiger partial charge in [-0.2, -0.15) is 10.1 Å². The summed E-state index contributed by atoms with van der Waals surface area (Å²) in [4.78, 5) is 6.42. The van der Waals surface area contributed by atoms with Crippen molar-refractivity contribution in [3.8, 4) is 0 Å². The SMILES string of the molecule is CN(C)c1ccc(Nc2cnnc(Nc3cccc(Cl)c3Cl)n2)cc1. The van der Waals surface area contributed by atoms with Gasteiger partial charge in [-0.1, -0.05) is 29.3 Å². The third kappa shape index (κ3) is 4.29. The minimum atomic E-state index is 0.319. The Morgan fingerprint density at radius 3 is 2.44 bits per heavy atom. The number of nitrogens with zero attached hydrogens (tertiary/aromatic N) is 4. The van der Waals surface area contributed by atoms with Gasteiger partial charge in [0.1, 0.15) is 0 Å². The van der Waals surface area contributed by atoms with Gasteiger partial charge < -0.3 is 15.5 Å². The van der Waals surface area contributed by atoms with Gasteiger partial charge in [0.05, 0.1) is 21.9 Å². The third-order valence-electron chi connectivity index (χ3n) is 3.41. The summed E-state index contributed by atoms with van der Waals surface area (Å²) in [6.07, 6.45) is 1.55. The lowest BCUT2D eigenvalue weighted by Crippen LogP contribution is -2.08. The lowest BCUT2D eigenvalue weighted by Gasteiger charge is -2.13. The first kappa shape index (κ1) is 17.3. The molecular weight excluding hydrogens is 359 g/mol. The fourth-order valence-corrected chi connectivity index (χ4v) is 2.48. The molecule has 0 amide bonds. The van der Waals surface area contributed by atoms with Crippen molar-refractivity contribution in [2.24, 2.45) is 0 Å². The van der Waals surface area contributed by atoms with Crippen molar-refractivity contribution in [1.82, 2.24) is 15.2 Å². The van der Waals surface area contributed by atoms with E-state index in [2.05, 4.69) is 25.8 Å². The van der Waals surface area contributed by atoms with E-state index in [1.165, 1.54) is 0 Å². The fourth-order valence-electron chi connectivity index (χ4n) is 2.13. The number of anilines is 5. The molecule has 1 heterocycles. The Labute approximate surface area is 155 Å². The van der Waals surface area contributed by atoms with Crippen LogP contribution in [0.1, 0.15) is 0 Å². The average molecular weight is 375 g/mol. The van der Waals surface area contributed by atoms with Crippen molar-refractivity contribution in [2.75, 3.05) is 29.6 Å². The number of aromatic nitrogens is 3. The summed E-state index contributed by atoms with van der Waals surface area (Å²) in [5, 5.41) is 15.0. The van der Waals surface area contributed by atoms with Crippen LogP contribution in [-0.2, 0) is 0 Å². The highest BCUT2D eigenvalue weighted by atomic mass is 35.5. The summed E-state index contributed by atoms with van der Waals surface area (Å²) in [5.41, 5.74) is 2.63. The standard InChI is InChI=1S/C17H16Cl2N6/c1-25(2)12-8-6-11(7-9-12)21-15-10-20-24-17(23-15)22-14-5-3-4-13(18)16(14)19/h3-10H,1-2H3,(H2,21,22,23,24). The van der Waals surface area contributed by atoms with Gasteiger partial charge in [-0.25, -0.2) is 0 Å². The molecule has 0 aliphatic rings. The van der Waals surface area contributed by atoms with E-state index in [9.17, 15) is 0 Å². The van der Waals surface area contributed by atoms with Crippen LogP contribution in [0.3, 0.4) is 0 Å². The Bertz CT molecular complexity index is 867. The molecule has 25 heavy (non-hydrogen) atoms. The molecule has 6 nitrogen and oxygen atoms in total. The fraction of sp³-hybridized carbons (Fsp3) is 0.118. The average Bonchev–Trinajstić information content (AvgIpc) is 2.60. The second-order valence-corrected chi connectivity index (χ2v) is 6.24. The summed E-state index contributed by atoms with van der Waals surface area (Å²) >= 11 is 12.2. The quantitative estimate of drug-likeness (QED) is 0.672. The van der Waals surface area contributed by atoms with Gasteiger partial charge in [-0.3, -0.25) is 0 Å². The highest BCUT2D eigenvalue weighted by molar-refractivity contribution is 6.43. The molecule has 0 aliphatic heterocycles. The van der Waals surface area contributed by atoms with Gasteiger partial charge >= 0.3 is 0 Å². The molecule has 2 aromatic carbocycles. The molecule has 0 saturated carbocycles. The molecule has 0 aliphatic carbocycles. The van der Waals surface area contributed by atoms with Crippen molar-refractivity contribution in [2.45, 2.75) is 0 Å². The highest BCUT2D eigenvalue weighted by Crippen LogP contribution is 2.31. The lowest BCUT2D eigenvalue weighted by atomic mass is 10.2. The first-order valence-corrected chi connectivity index (χ1v) is 8.24. The van der Waals surface area contributed by atoms with Gasteiger partial charge in [0.2, 0.25) is 5.95 Å². The molecule has 0 fully saturated rings. The number of hydrogen-bond donors (Lipinski definition) is 2. The van der Waals surface area contributed by atoms with E-state index in [1.807, 2.05) is 43.3 Å². The molecule has 3 rings (SSSR count). The van der Waals surface area contributed by atoms with Gasteiger partial charge in [0, 0.05) is 25.5 Å². The minimum absolute atomic E-state index is 0.319. The number of benzene rings is 2. The van der Waals surface area contributed by atoms with E-state index >= 15 is 0 Å². The van der Waals surface area contributed by atoms with Crippen LogP contribution in [0.5, 0.6) is 0 Å². The Kier molecular flexibility index (Phi) is 5.21. The second-order valence-electron chi connectivity index (χ2n) is 5.46. The molecule has 0 spiro atoms. The van der Waals surface area contributed by atoms with Crippen LogP contribution in [0.25, 0.3) is 0 Å². The van der Waals surface area contributed by atoms with Crippen LogP contribution in [0.15, 0.2) is 48.7 Å². The number of rotatable bonds is 5. The third-order valence-corrected chi connectivity index (χ3v) is 4.23. The first-order chi connectivity index (χ1) is 12.0. The van der Waals surface area contributed by atoms with E-state index in [-0.39, 0.29) is 0 Å². The maximum atomic E-state index is 6.16. The molecule has 1 aromatic heterocycles.